The molecule has 0 aromatic carbocycles. The topological polar surface area (TPSA) is 26.0 Å². The third-order valence-electron chi connectivity index (χ3n) is 3.22. The number of allylic oxidation sites excluding steroid dienone is 2. The molecule has 1 nitrogen and oxygen atoms in total. The van der Waals surface area contributed by atoms with Crippen LogP contribution >= 0.6 is 0 Å². The van der Waals surface area contributed by atoms with Crippen molar-refractivity contribution >= 4 is 0 Å². The predicted octanol–water partition coefficient (Wildman–Crippen LogP) is 2.08. The van der Waals surface area contributed by atoms with Gasteiger partial charge in [0.15, 0.2) is 0 Å². The predicted molar refractivity (Wildman–Crippen MR) is 47.2 cm³/mol. The van der Waals surface area contributed by atoms with Crippen LogP contribution in [0, 0.1) is 11.3 Å². The summed E-state index contributed by atoms with van der Waals surface area (Å²) in [4.78, 5) is 0. The van der Waals surface area contributed by atoms with Gasteiger partial charge in [0.2, 0.25) is 0 Å². The Morgan fingerprint density at radius 3 is 2.36 bits per heavy atom. The van der Waals surface area contributed by atoms with E-state index in [2.05, 4.69) is 12.2 Å². The molecule has 0 aromatic heterocycles. The van der Waals surface area contributed by atoms with E-state index >= 15 is 0 Å². The molecule has 2 aliphatic carbocycles. The van der Waals surface area contributed by atoms with Gasteiger partial charge >= 0.3 is 0 Å². The van der Waals surface area contributed by atoms with Gasteiger partial charge in [-0.15, -0.1) is 0 Å². The molecule has 2 N–H and O–H groups in total. The summed E-state index contributed by atoms with van der Waals surface area (Å²) < 4.78 is 0. The fourth-order valence-electron chi connectivity index (χ4n) is 2.12. The molecule has 62 valence electrons. The normalized spacial score (nSPS) is 27.7. The Bertz CT molecular complexity index is 160. The molecule has 11 heavy (non-hydrogen) atoms. The molecule has 0 saturated heterocycles. The van der Waals surface area contributed by atoms with Crippen LogP contribution in [0.4, 0.5) is 0 Å². The molecule has 2 aliphatic rings. The smallest absolute Gasteiger partial charge is 0.00204 e. The SMILES string of the molecule is NCC1(CC2CC=CC2)CC1. The fourth-order valence-corrected chi connectivity index (χ4v) is 2.12. The van der Waals surface area contributed by atoms with Crippen LogP contribution in [0.25, 0.3) is 0 Å². The molecule has 1 heteroatoms. The first-order valence-corrected chi connectivity index (χ1v) is 4.70. The summed E-state index contributed by atoms with van der Waals surface area (Å²) in [5.74, 6) is 0.932. The lowest BCUT2D eigenvalue weighted by Gasteiger charge is -2.16. The first-order chi connectivity index (χ1) is 5.35. The Morgan fingerprint density at radius 2 is 1.91 bits per heavy atom. The van der Waals surface area contributed by atoms with Crippen LogP contribution < -0.4 is 5.73 Å². The van der Waals surface area contributed by atoms with E-state index in [0.29, 0.717) is 5.41 Å². The van der Waals surface area contributed by atoms with E-state index in [4.69, 9.17) is 5.73 Å². The zero-order valence-corrected chi connectivity index (χ0v) is 7.05. The molecule has 1 fully saturated rings. The van der Waals surface area contributed by atoms with Crippen LogP contribution in [-0.2, 0) is 0 Å². The minimum absolute atomic E-state index is 0.594. The standard InChI is InChI=1S/C10H17N/c11-8-10(5-6-10)7-9-3-1-2-4-9/h1-2,9H,3-8,11H2. The first-order valence-electron chi connectivity index (χ1n) is 4.70. The lowest BCUT2D eigenvalue weighted by atomic mass is 9.90. The van der Waals surface area contributed by atoms with Gasteiger partial charge in [0.25, 0.3) is 0 Å². The molecule has 0 spiro atoms. The minimum atomic E-state index is 0.594. The molecule has 0 atom stereocenters. The third kappa shape index (κ3) is 1.48. The van der Waals surface area contributed by atoms with E-state index in [1.165, 1.54) is 32.1 Å². The van der Waals surface area contributed by atoms with Crippen LogP contribution in [0.5, 0.6) is 0 Å². The molecule has 0 bridgehead atoms. The molecule has 0 radical (unpaired) electrons. The molecule has 2 rings (SSSR count). The van der Waals surface area contributed by atoms with Crippen LogP contribution in [0.3, 0.4) is 0 Å². The van der Waals surface area contributed by atoms with E-state index in [1.807, 2.05) is 0 Å². The van der Waals surface area contributed by atoms with Gasteiger partial charge in [-0.3, -0.25) is 0 Å². The number of hydrogen-bond donors (Lipinski definition) is 1. The maximum absolute atomic E-state index is 5.73. The first kappa shape index (κ1) is 7.35. The summed E-state index contributed by atoms with van der Waals surface area (Å²) in [6.07, 6.45) is 11.4. The van der Waals surface area contributed by atoms with Crippen molar-refractivity contribution in [2.24, 2.45) is 17.1 Å². The van der Waals surface area contributed by atoms with Gasteiger partial charge < -0.3 is 5.73 Å². The molecule has 0 heterocycles. The number of nitrogens with two attached hydrogens (primary N) is 1. The summed E-state index contributed by atoms with van der Waals surface area (Å²) in [5, 5.41) is 0. The van der Waals surface area contributed by atoms with Crippen molar-refractivity contribution in [3.63, 3.8) is 0 Å². The second kappa shape index (κ2) is 2.63. The van der Waals surface area contributed by atoms with Gasteiger partial charge in [-0.1, -0.05) is 12.2 Å². The lowest BCUT2D eigenvalue weighted by Crippen LogP contribution is -2.18. The molecular weight excluding hydrogens is 134 g/mol. The maximum Gasteiger partial charge on any atom is -0.00204 e. The summed E-state index contributed by atoms with van der Waals surface area (Å²) in [5.41, 5.74) is 6.32. The van der Waals surface area contributed by atoms with Crippen LogP contribution in [-0.4, -0.2) is 6.54 Å². The monoisotopic (exact) mass is 151 g/mol. The molecule has 0 amide bonds. The molecule has 1 saturated carbocycles. The van der Waals surface area contributed by atoms with E-state index in [1.54, 1.807) is 0 Å². The van der Waals surface area contributed by atoms with E-state index in [0.717, 1.165) is 12.5 Å². The van der Waals surface area contributed by atoms with E-state index < -0.39 is 0 Å². The van der Waals surface area contributed by atoms with Crippen molar-refractivity contribution in [3.8, 4) is 0 Å². The highest BCUT2D eigenvalue weighted by Crippen LogP contribution is 2.51. The zero-order chi connectivity index (χ0) is 7.73. The average molecular weight is 151 g/mol. The highest BCUT2D eigenvalue weighted by atomic mass is 14.7. The lowest BCUT2D eigenvalue weighted by molar-refractivity contribution is 0.371. The third-order valence-corrected chi connectivity index (χ3v) is 3.22. The minimum Gasteiger partial charge on any atom is -0.330 e. The second-order valence-corrected chi connectivity index (χ2v) is 4.22. The van der Waals surface area contributed by atoms with Gasteiger partial charge in [0.05, 0.1) is 0 Å². The van der Waals surface area contributed by atoms with E-state index in [9.17, 15) is 0 Å². The highest BCUT2D eigenvalue weighted by Gasteiger charge is 2.42. The van der Waals surface area contributed by atoms with Gasteiger partial charge in [-0.25, -0.2) is 0 Å². The average Bonchev–Trinajstić information content (AvgIpc) is 2.59. The van der Waals surface area contributed by atoms with Gasteiger partial charge in [0.1, 0.15) is 0 Å². The van der Waals surface area contributed by atoms with Gasteiger partial charge in [0, 0.05) is 0 Å². The van der Waals surface area contributed by atoms with Crippen molar-refractivity contribution < 1.29 is 0 Å². The van der Waals surface area contributed by atoms with Crippen LogP contribution in [0.1, 0.15) is 32.1 Å². The Balaban J connectivity index is 1.81. The second-order valence-electron chi connectivity index (χ2n) is 4.22. The van der Waals surface area contributed by atoms with Crippen molar-refractivity contribution in [2.75, 3.05) is 6.54 Å². The summed E-state index contributed by atoms with van der Waals surface area (Å²) >= 11 is 0. The molecule has 0 aromatic rings. The summed E-state index contributed by atoms with van der Waals surface area (Å²) in [6.45, 7) is 0.920. The number of rotatable bonds is 3. The van der Waals surface area contributed by atoms with Crippen molar-refractivity contribution in [2.45, 2.75) is 32.1 Å². The summed E-state index contributed by atoms with van der Waals surface area (Å²) in [7, 11) is 0. The quantitative estimate of drug-likeness (QED) is 0.614. The highest BCUT2D eigenvalue weighted by molar-refractivity contribution is 5.01. The zero-order valence-electron chi connectivity index (χ0n) is 7.05. The molecular formula is C10H17N. The maximum atomic E-state index is 5.73. The molecule has 0 aliphatic heterocycles. The van der Waals surface area contributed by atoms with Gasteiger partial charge in [-0.2, -0.15) is 0 Å². The Kier molecular flexibility index (Phi) is 1.76. The van der Waals surface area contributed by atoms with Crippen molar-refractivity contribution in [1.82, 2.24) is 0 Å². The van der Waals surface area contributed by atoms with Crippen molar-refractivity contribution in [3.05, 3.63) is 12.2 Å². The largest absolute Gasteiger partial charge is 0.330 e. The Morgan fingerprint density at radius 1 is 1.27 bits per heavy atom. The van der Waals surface area contributed by atoms with E-state index in [-0.39, 0.29) is 0 Å². The summed E-state index contributed by atoms with van der Waals surface area (Å²) in [6, 6.07) is 0. The Labute approximate surface area is 68.7 Å². The molecule has 0 unspecified atom stereocenters. The fraction of sp³-hybridized carbons (Fsp3) is 0.800. The van der Waals surface area contributed by atoms with Gasteiger partial charge in [-0.05, 0) is 50.0 Å². The van der Waals surface area contributed by atoms with Crippen LogP contribution in [0.2, 0.25) is 0 Å². The van der Waals surface area contributed by atoms with Crippen molar-refractivity contribution in [1.29, 1.82) is 0 Å². The van der Waals surface area contributed by atoms with Crippen LogP contribution in [0.15, 0.2) is 12.2 Å². The Hall–Kier alpha value is -0.300. The number of hydrogen-bond acceptors (Lipinski definition) is 1.